The first-order chi connectivity index (χ1) is 8.87. The van der Waals surface area contributed by atoms with Gasteiger partial charge in [0.25, 0.3) is 16.0 Å². The number of aromatic nitrogens is 4. The van der Waals surface area contributed by atoms with Crippen LogP contribution in [-0.2, 0) is 28.3 Å². The first-order valence-corrected chi connectivity index (χ1v) is 7.24. The first-order valence-electron chi connectivity index (χ1n) is 4.94. The van der Waals surface area contributed by atoms with Crippen LogP contribution in [0.2, 0.25) is 0 Å². The van der Waals surface area contributed by atoms with E-state index in [0.717, 1.165) is 16.1 Å². The number of nitrogens with zero attached hydrogens (tertiary/aromatic N) is 4. The molecule has 2 rings (SSSR count). The number of rotatable bonds is 5. The molecular formula is C8H9N5O4S2. The zero-order valence-corrected chi connectivity index (χ0v) is 11.3. The van der Waals surface area contributed by atoms with Crippen molar-refractivity contribution in [2.75, 3.05) is 4.72 Å². The number of hydrogen-bond acceptors (Lipinski definition) is 7. The number of anilines is 1. The van der Waals surface area contributed by atoms with Gasteiger partial charge in [-0.2, -0.15) is 4.80 Å². The van der Waals surface area contributed by atoms with E-state index >= 15 is 0 Å². The Morgan fingerprint density at radius 1 is 1.53 bits per heavy atom. The summed E-state index contributed by atoms with van der Waals surface area (Å²) >= 11 is 0.880. The molecule has 0 bridgehead atoms. The lowest BCUT2D eigenvalue weighted by molar-refractivity contribution is -0.136. The summed E-state index contributed by atoms with van der Waals surface area (Å²) in [7, 11) is -2.32. The molecule has 0 radical (unpaired) electrons. The zero-order chi connectivity index (χ0) is 14.0. The molecule has 0 aliphatic rings. The number of sulfonamides is 1. The van der Waals surface area contributed by atoms with Gasteiger partial charge in [-0.15, -0.1) is 16.4 Å². The number of carboxylic acid groups (broad SMARTS) is 1. The number of carbonyl (C=O) groups is 1. The highest BCUT2D eigenvalue weighted by Crippen LogP contribution is 2.23. The van der Waals surface area contributed by atoms with Crippen molar-refractivity contribution in [1.82, 2.24) is 20.2 Å². The first kappa shape index (κ1) is 13.4. The van der Waals surface area contributed by atoms with Crippen LogP contribution in [0.25, 0.3) is 0 Å². The lowest BCUT2D eigenvalue weighted by Crippen LogP contribution is -2.12. The summed E-state index contributed by atoms with van der Waals surface area (Å²) in [6, 6.07) is 2.79. The molecule has 0 aromatic carbocycles. The minimum Gasteiger partial charge on any atom is -0.481 e. The van der Waals surface area contributed by atoms with Crippen LogP contribution >= 0.6 is 11.3 Å². The molecule has 0 unspecified atom stereocenters. The molecule has 0 saturated heterocycles. The van der Waals surface area contributed by atoms with Crippen molar-refractivity contribution in [3.05, 3.63) is 17.0 Å². The minimum atomic E-state index is -3.82. The molecule has 102 valence electrons. The van der Waals surface area contributed by atoms with Gasteiger partial charge in [0.15, 0.2) is 0 Å². The summed E-state index contributed by atoms with van der Waals surface area (Å²) in [5, 5.41) is 19.3. The Labute approximate surface area is 111 Å². The third kappa shape index (κ3) is 3.26. The van der Waals surface area contributed by atoms with Crippen molar-refractivity contribution in [3.63, 3.8) is 0 Å². The van der Waals surface area contributed by atoms with Gasteiger partial charge >= 0.3 is 5.97 Å². The van der Waals surface area contributed by atoms with Gasteiger partial charge in [-0.3, -0.25) is 4.79 Å². The molecule has 9 nitrogen and oxygen atoms in total. The third-order valence-electron chi connectivity index (χ3n) is 1.96. The highest BCUT2D eigenvalue weighted by atomic mass is 32.2. The Hall–Kier alpha value is -2.01. The molecule has 0 spiro atoms. The van der Waals surface area contributed by atoms with E-state index in [1.165, 1.54) is 19.2 Å². The second kappa shape index (κ2) is 4.93. The van der Waals surface area contributed by atoms with Crippen LogP contribution in [0.3, 0.4) is 0 Å². The number of nitrogens with one attached hydrogen (secondary N) is 1. The van der Waals surface area contributed by atoms with Crippen molar-refractivity contribution in [3.8, 4) is 0 Å². The quantitative estimate of drug-likeness (QED) is 0.776. The van der Waals surface area contributed by atoms with Crippen LogP contribution in [0.15, 0.2) is 16.3 Å². The number of carboxylic acids is 1. The van der Waals surface area contributed by atoms with Crippen molar-refractivity contribution < 1.29 is 18.3 Å². The third-order valence-corrected chi connectivity index (χ3v) is 4.87. The summed E-state index contributed by atoms with van der Waals surface area (Å²) < 4.78 is 26.0. The van der Waals surface area contributed by atoms with Gasteiger partial charge in [-0.1, -0.05) is 5.10 Å². The molecule has 0 amide bonds. The van der Waals surface area contributed by atoms with E-state index in [1.54, 1.807) is 0 Å². The van der Waals surface area contributed by atoms with E-state index in [4.69, 9.17) is 5.11 Å². The van der Waals surface area contributed by atoms with Crippen molar-refractivity contribution in [1.29, 1.82) is 0 Å². The lowest BCUT2D eigenvalue weighted by Gasteiger charge is -2.00. The van der Waals surface area contributed by atoms with E-state index in [-0.39, 0.29) is 16.6 Å². The average Bonchev–Trinajstić information content (AvgIpc) is 2.87. The average molecular weight is 303 g/mol. The number of thiophene rings is 1. The fraction of sp³-hybridized carbons (Fsp3) is 0.250. The summed E-state index contributed by atoms with van der Waals surface area (Å²) in [6.07, 6.45) is -0.219. The molecule has 19 heavy (non-hydrogen) atoms. The van der Waals surface area contributed by atoms with Crippen molar-refractivity contribution in [2.24, 2.45) is 7.05 Å². The summed E-state index contributed by atoms with van der Waals surface area (Å²) in [5.74, 6) is -1.16. The second-order valence-electron chi connectivity index (χ2n) is 3.50. The van der Waals surface area contributed by atoms with Gasteiger partial charge in [-0.25, -0.2) is 13.1 Å². The summed E-state index contributed by atoms with van der Waals surface area (Å²) in [6.45, 7) is 0. The molecule has 2 aromatic rings. The number of aliphatic carboxylic acids is 1. The van der Waals surface area contributed by atoms with E-state index in [2.05, 4.69) is 20.1 Å². The SMILES string of the molecule is Cn1nnc(NS(=O)(=O)c2ccc(CC(=O)O)s2)n1. The minimum absolute atomic E-state index is 0.00352. The van der Waals surface area contributed by atoms with Gasteiger partial charge in [0.1, 0.15) is 4.21 Å². The molecular weight excluding hydrogens is 294 g/mol. The van der Waals surface area contributed by atoms with Crippen LogP contribution in [0.5, 0.6) is 0 Å². The Morgan fingerprint density at radius 3 is 2.84 bits per heavy atom. The molecule has 2 N–H and O–H groups in total. The number of hydrogen-bond donors (Lipinski definition) is 2. The molecule has 0 atom stereocenters. The van der Waals surface area contributed by atoms with Crippen LogP contribution in [0.4, 0.5) is 5.95 Å². The standard InChI is InChI=1S/C8H9N5O4S2/c1-13-10-8(9-12-13)11-19(16,17)7-3-2-5(18-7)4-6(14)15/h2-3H,4H2,1H3,(H,10,11)(H,14,15). The Kier molecular flexibility index (Phi) is 3.48. The largest absolute Gasteiger partial charge is 0.481 e. The maximum atomic E-state index is 11.9. The molecule has 0 aliphatic carbocycles. The predicted octanol–water partition coefficient (Wildman–Crippen LogP) is -0.301. The van der Waals surface area contributed by atoms with Crippen LogP contribution in [0.1, 0.15) is 4.88 Å². The lowest BCUT2D eigenvalue weighted by atomic mass is 10.3. The number of aryl methyl sites for hydroxylation is 1. The predicted molar refractivity (Wildman–Crippen MR) is 65.3 cm³/mol. The van der Waals surface area contributed by atoms with Crippen LogP contribution in [-0.4, -0.2) is 39.7 Å². The fourth-order valence-electron chi connectivity index (χ4n) is 1.24. The summed E-state index contributed by atoms with van der Waals surface area (Å²) in [4.78, 5) is 12.1. The molecule has 11 heteroatoms. The molecule has 0 aliphatic heterocycles. The number of tetrazole rings is 1. The maximum Gasteiger partial charge on any atom is 0.308 e. The van der Waals surface area contributed by atoms with E-state index in [1.807, 2.05) is 0 Å². The van der Waals surface area contributed by atoms with Gasteiger partial charge in [0.2, 0.25) is 0 Å². The maximum absolute atomic E-state index is 11.9. The smallest absolute Gasteiger partial charge is 0.308 e. The van der Waals surface area contributed by atoms with Gasteiger partial charge in [0, 0.05) is 4.88 Å². The molecule has 2 heterocycles. The zero-order valence-electron chi connectivity index (χ0n) is 9.64. The van der Waals surface area contributed by atoms with E-state index < -0.39 is 16.0 Å². The fourth-order valence-corrected chi connectivity index (χ4v) is 3.52. The van der Waals surface area contributed by atoms with Crippen molar-refractivity contribution >= 4 is 33.3 Å². The highest BCUT2D eigenvalue weighted by molar-refractivity contribution is 7.94. The Bertz CT molecular complexity index is 704. The van der Waals surface area contributed by atoms with Crippen LogP contribution < -0.4 is 4.72 Å². The summed E-state index contributed by atoms with van der Waals surface area (Å²) in [5.41, 5.74) is 0. The molecule has 2 aromatic heterocycles. The highest BCUT2D eigenvalue weighted by Gasteiger charge is 2.19. The van der Waals surface area contributed by atoms with Crippen LogP contribution in [0, 0.1) is 0 Å². The van der Waals surface area contributed by atoms with E-state index in [0.29, 0.717) is 4.88 Å². The van der Waals surface area contributed by atoms with Gasteiger partial charge in [0.05, 0.1) is 13.5 Å². The van der Waals surface area contributed by atoms with Gasteiger partial charge < -0.3 is 5.11 Å². The topological polar surface area (TPSA) is 127 Å². The monoisotopic (exact) mass is 303 g/mol. The van der Waals surface area contributed by atoms with E-state index in [9.17, 15) is 13.2 Å². The molecule has 0 fully saturated rings. The molecule has 0 saturated carbocycles. The normalized spacial score (nSPS) is 11.4. The Balaban J connectivity index is 2.19. The van der Waals surface area contributed by atoms with Crippen molar-refractivity contribution in [2.45, 2.75) is 10.6 Å². The Morgan fingerprint density at radius 2 is 2.26 bits per heavy atom. The van der Waals surface area contributed by atoms with Gasteiger partial charge in [-0.05, 0) is 17.3 Å². The second-order valence-corrected chi connectivity index (χ2v) is 6.58.